The molecule has 0 bridgehead atoms. The van der Waals surface area contributed by atoms with Crippen molar-refractivity contribution in [3.8, 4) is 22.7 Å². The molecule has 0 unspecified atom stereocenters. The van der Waals surface area contributed by atoms with E-state index in [9.17, 15) is 14.0 Å². The second-order valence-electron chi connectivity index (χ2n) is 10.1. The molecule has 1 aromatic heterocycles. The number of methoxy groups -OCH3 is 1. The Morgan fingerprint density at radius 1 is 1.10 bits per heavy atom. The quantitative estimate of drug-likeness (QED) is 0.288. The molecular formula is C31H30F2N4O3S. The van der Waals surface area contributed by atoms with Crippen LogP contribution in [0.3, 0.4) is 0 Å². The molecule has 0 aliphatic carbocycles. The van der Waals surface area contributed by atoms with E-state index in [2.05, 4.69) is 5.32 Å². The van der Waals surface area contributed by atoms with Crippen molar-refractivity contribution in [3.05, 3.63) is 95.6 Å². The molecule has 0 spiro atoms. The average molecular weight is 577 g/mol. The van der Waals surface area contributed by atoms with Crippen LogP contribution in [-0.4, -0.2) is 47.5 Å². The predicted molar refractivity (Wildman–Crippen MR) is 156 cm³/mol. The van der Waals surface area contributed by atoms with Gasteiger partial charge in [0, 0.05) is 29.3 Å². The van der Waals surface area contributed by atoms with E-state index in [1.807, 2.05) is 44.2 Å². The summed E-state index contributed by atoms with van der Waals surface area (Å²) in [5.41, 5.74) is 2.69. The van der Waals surface area contributed by atoms with Gasteiger partial charge in [0.15, 0.2) is 0 Å². The Balaban J connectivity index is 1.77. The number of hydrogen-bond donors (Lipinski definition) is 1. The molecule has 1 aliphatic heterocycles. The molecule has 2 heterocycles. The molecule has 4 aromatic rings. The molecule has 10 heteroatoms. The highest BCUT2D eigenvalue weighted by molar-refractivity contribution is 8.00. The standard InChI is InChI=1S/C31H30F2N4O3S/c1-19(2)16-34-26(38)17-36-27(39)18-41-30(24-14-9-21(32)15-25(24)33)28-29(20-7-5-4-6-8-20)35-37(31(28)36)22-10-12-23(40-3)13-11-22/h4-15,19,30H,16-18H2,1-3H3,(H,34,38)/t30-/m0/s1. The van der Waals surface area contributed by atoms with Crippen molar-refractivity contribution in [2.24, 2.45) is 5.92 Å². The minimum absolute atomic E-state index is 0.0233. The zero-order valence-electron chi connectivity index (χ0n) is 22.9. The number of halogens is 2. The van der Waals surface area contributed by atoms with Gasteiger partial charge in [-0.25, -0.2) is 13.5 Å². The number of nitrogens with one attached hydrogen (secondary N) is 1. The number of ether oxygens (including phenoxy) is 1. The lowest BCUT2D eigenvalue weighted by molar-refractivity contribution is -0.123. The summed E-state index contributed by atoms with van der Waals surface area (Å²) in [5.74, 6) is -0.860. The lowest BCUT2D eigenvalue weighted by Gasteiger charge is -2.23. The summed E-state index contributed by atoms with van der Waals surface area (Å²) in [5, 5.41) is 7.14. The van der Waals surface area contributed by atoms with Crippen LogP contribution in [0.15, 0.2) is 72.8 Å². The fourth-order valence-corrected chi connectivity index (χ4v) is 5.93. The fourth-order valence-electron chi connectivity index (χ4n) is 4.71. The first-order chi connectivity index (χ1) is 19.8. The van der Waals surface area contributed by atoms with E-state index in [4.69, 9.17) is 9.84 Å². The van der Waals surface area contributed by atoms with Gasteiger partial charge in [0.2, 0.25) is 11.8 Å². The smallest absolute Gasteiger partial charge is 0.240 e. The maximum Gasteiger partial charge on any atom is 0.240 e. The Kier molecular flexibility index (Phi) is 8.39. The summed E-state index contributed by atoms with van der Waals surface area (Å²) in [7, 11) is 1.57. The summed E-state index contributed by atoms with van der Waals surface area (Å²) in [4.78, 5) is 28.2. The van der Waals surface area contributed by atoms with Gasteiger partial charge in [0.1, 0.15) is 29.7 Å². The van der Waals surface area contributed by atoms with Crippen LogP contribution in [0.25, 0.3) is 16.9 Å². The molecule has 0 fully saturated rings. The van der Waals surface area contributed by atoms with Gasteiger partial charge in [-0.1, -0.05) is 50.2 Å². The highest BCUT2D eigenvalue weighted by Crippen LogP contribution is 2.49. The van der Waals surface area contributed by atoms with Gasteiger partial charge in [-0.2, -0.15) is 5.10 Å². The molecule has 212 valence electrons. The zero-order chi connectivity index (χ0) is 29.1. The number of thioether (sulfide) groups is 1. The van der Waals surface area contributed by atoms with Crippen molar-refractivity contribution in [3.63, 3.8) is 0 Å². The molecule has 3 aromatic carbocycles. The number of benzene rings is 3. The number of nitrogens with zero attached hydrogens (tertiary/aromatic N) is 3. The van der Waals surface area contributed by atoms with Crippen LogP contribution in [0.1, 0.15) is 30.2 Å². The van der Waals surface area contributed by atoms with Gasteiger partial charge in [-0.15, -0.1) is 11.8 Å². The number of hydrogen-bond acceptors (Lipinski definition) is 5. The monoisotopic (exact) mass is 576 g/mol. The van der Waals surface area contributed by atoms with Crippen molar-refractivity contribution in [1.82, 2.24) is 15.1 Å². The molecule has 0 saturated carbocycles. The van der Waals surface area contributed by atoms with Crippen molar-refractivity contribution in [1.29, 1.82) is 0 Å². The molecule has 5 rings (SSSR count). The molecule has 41 heavy (non-hydrogen) atoms. The number of anilines is 1. The fraction of sp³-hybridized carbons (Fsp3) is 0.258. The summed E-state index contributed by atoms with van der Waals surface area (Å²) in [6.45, 7) is 4.18. The molecule has 1 aliphatic rings. The Morgan fingerprint density at radius 3 is 2.49 bits per heavy atom. The summed E-state index contributed by atoms with van der Waals surface area (Å²) in [6, 6.07) is 20.0. The van der Waals surface area contributed by atoms with Crippen LogP contribution < -0.4 is 15.0 Å². The van der Waals surface area contributed by atoms with E-state index >= 15 is 4.39 Å². The van der Waals surface area contributed by atoms with Gasteiger partial charge >= 0.3 is 0 Å². The average Bonchev–Trinajstić information content (AvgIpc) is 3.30. The molecule has 2 amide bonds. The third-order valence-electron chi connectivity index (χ3n) is 6.71. The van der Waals surface area contributed by atoms with Gasteiger partial charge in [-0.05, 0) is 36.2 Å². The second-order valence-corrected chi connectivity index (χ2v) is 11.2. The molecule has 0 saturated heterocycles. The van der Waals surface area contributed by atoms with Crippen LogP contribution in [0.4, 0.5) is 14.6 Å². The van der Waals surface area contributed by atoms with Crippen LogP contribution in [0.5, 0.6) is 5.75 Å². The Hall–Kier alpha value is -4.18. The van der Waals surface area contributed by atoms with Gasteiger partial charge in [0.05, 0.1) is 29.5 Å². The molecule has 1 atom stereocenters. The normalized spacial score (nSPS) is 15.0. The van der Waals surface area contributed by atoms with Crippen molar-refractivity contribution in [2.75, 3.05) is 30.9 Å². The number of fused-ring (bicyclic) bond motifs is 1. The third-order valence-corrected chi connectivity index (χ3v) is 7.94. The van der Waals surface area contributed by atoms with Crippen molar-refractivity contribution in [2.45, 2.75) is 19.1 Å². The zero-order valence-corrected chi connectivity index (χ0v) is 23.8. The Labute approximate surface area is 241 Å². The third kappa shape index (κ3) is 5.97. The van der Waals surface area contributed by atoms with Crippen LogP contribution >= 0.6 is 11.8 Å². The summed E-state index contributed by atoms with van der Waals surface area (Å²) >= 11 is 1.22. The number of carbonyl (C=O) groups is 2. The van der Waals surface area contributed by atoms with Crippen molar-refractivity contribution < 1.29 is 23.1 Å². The Bertz CT molecular complexity index is 1560. The number of amides is 2. The van der Waals surface area contributed by atoms with E-state index < -0.39 is 16.9 Å². The maximum atomic E-state index is 15.3. The topological polar surface area (TPSA) is 76.5 Å². The number of aromatic nitrogens is 2. The number of carbonyl (C=O) groups excluding carboxylic acids is 2. The van der Waals surface area contributed by atoms with Crippen LogP contribution in [0.2, 0.25) is 0 Å². The van der Waals surface area contributed by atoms with Crippen LogP contribution in [0, 0.1) is 17.6 Å². The molecular weight excluding hydrogens is 546 g/mol. The van der Waals surface area contributed by atoms with Gasteiger partial charge in [0.25, 0.3) is 0 Å². The van der Waals surface area contributed by atoms with E-state index in [0.29, 0.717) is 35.1 Å². The lowest BCUT2D eigenvalue weighted by atomic mass is 9.99. The summed E-state index contributed by atoms with van der Waals surface area (Å²) < 4.78 is 36.2. The second kappa shape index (κ2) is 12.1. The van der Waals surface area contributed by atoms with Gasteiger partial charge < -0.3 is 10.1 Å². The first-order valence-corrected chi connectivity index (χ1v) is 14.3. The first kappa shape index (κ1) is 28.4. The lowest BCUT2D eigenvalue weighted by Crippen LogP contribution is -2.43. The Morgan fingerprint density at radius 2 is 1.83 bits per heavy atom. The molecule has 7 nitrogen and oxygen atoms in total. The molecule has 0 radical (unpaired) electrons. The summed E-state index contributed by atoms with van der Waals surface area (Å²) in [6.07, 6.45) is 0. The van der Waals surface area contributed by atoms with Gasteiger partial charge in [-0.3, -0.25) is 14.5 Å². The first-order valence-electron chi connectivity index (χ1n) is 13.2. The number of rotatable bonds is 8. The van der Waals surface area contributed by atoms with Crippen molar-refractivity contribution >= 4 is 29.4 Å². The SMILES string of the molecule is COc1ccc(-n2nc(-c3ccccc3)c3c2N(CC(=O)NCC(C)C)C(=O)CS[C@H]3c2ccc(F)cc2F)cc1. The highest BCUT2D eigenvalue weighted by Gasteiger charge is 2.38. The minimum atomic E-state index is -0.722. The molecule has 1 N–H and O–H groups in total. The van der Waals surface area contributed by atoms with E-state index in [1.165, 1.54) is 28.8 Å². The maximum absolute atomic E-state index is 15.3. The largest absolute Gasteiger partial charge is 0.497 e. The van der Waals surface area contributed by atoms with E-state index in [-0.39, 0.29) is 35.6 Å². The van der Waals surface area contributed by atoms with Crippen LogP contribution in [-0.2, 0) is 9.59 Å². The predicted octanol–water partition coefficient (Wildman–Crippen LogP) is 5.77. The van der Waals surface area contributed by atoms with E-state index in [1.54, 1.807) is 36.1 Å². The highest BCUT2D eigenvalue weighted by atomic mass is 32.2. The van der Waals surface area contributed by atoms with E-state index in [0.717, 1.165) is 11.6 Å². The minimum Gasteiger partial charge on any atom is -0.497 e.